The van der Waals surface area contributed by atoms with Crippen molar-refractivity contribution in [1.82, 2.24) is 4.90 Å². The van der Waals surface area contributed by atoms with Crippen LogP contribution >= 0.6 is 0 Å². The number of hydrogen-bond donors (Lipinski definition) is 0. The summed E-state index contributed by atoms with van der Waals surface area (Å²) in [6, 6.07) is 0. The molecule has 0 aliphatic carbocycles. The Morgan fingerprint density at radius 2 is 1.16 bits per heavy atom. The van der Waals surface area contributed by atoms with E-state index in [-0.39, 0.29) is 0 Å². The minimum Gasteiger partial charge on any atom is -0.306 e. The fourth-order valence-corrected chi connectivity index (χ4v) is 2.53. The first-order valence-corrected chi connectivity index (χ1v) is 8.85. The van der Waals surface area contributed by atoms with Gasteiger partial charge in [-0.3, -0.25) is 0 Å². The van der Waals surface area contributed by atoms with Crippen LogP contribution < -0.4 is 0 Å². The first-order chi connectivity index (χ1) is 9.16. The Hall–Kier alpha value is -0.0400. The smallest absolute Gasteiger partial charge is 0.00218 e. The second-order valence-electron chi connectivity index (χ2n) is 6.67. The molecule has 0 heterocycles. The van der Waals surface area contributed by atoms with Crippen LogP contribution in [0.25, 0.3) is 0 Å². The molecule has 0 unspecified atom stereocenters. The van der Waals surface area contributed by atoms with Crippen LogP contribution in [-0.2, 0) is 0 Å². The van der Waals surface area contributed by atoms with E-state index in [9.17, 15) is 0 Å². The first kappa shape index (κ1) is 19.0. The Balaban J connectivity index is 3.06. The maximum Gasteiger partial charge on any atom is -0.00218 e. The van der Waals surface area contributed by atoms with Gasteiger partial charge < -0.3 is 4.90 Å². The van der Waals surface area contributed by atoms with E-state index in [0.29, 0.717) is 0 Å². The molecule has 1 heteroatoms. The third-order valence-corrected chi connectivity index (χ3v) is 3.96. The molecule has 0 saturated carbocycles. The fraction of sp³-hybridized carbons (Fsp3) is 1.00. The Labute approximate surface area is 123 Å². The fourth-order valence-electron chi connectivity index (χ4n) is 2.53. The summed E-state index contributed by atoms with van der Waals surface area (Å²) in [6.07, 6.45) is 15.7. The van der Waals surface area contributed by atoms with E-state index in [1.165, 1.54) is 83.7 Å². The van der Waals surface area contributed by atoms with Crippen LogP contribution in [0.3, 0.4) is 0 Å². The van der Waals surface area contributed by atoms with E-state index in [2.05, 4.69) is 32.7 Å². The molecule has 0 radical (unpaired) electrons. The zero-order valence-corrected chi connectivity index (χ0v) is 14.2. The molecule has 0 atom stereocenters. The molecule has 0 rings (SSSR count). The molecule has 0 aliphatic heterocycles. The molecule has 0 N–H and O–H groups in total. The Morgan fingerprint density at radius 1 is 0.684 bits per heavy atom. The quantitative estimate of drug-likeness (QED) is 0.356. The van der Waals surface area contributed by atoms with Crippen molar-refractivity contribution in [3.05, 3.63) is 0 Å². The van der Waals surface area contributed by atoms with Crippen LogP contribution in [0.2, 0.25) is 0 Å². The summed E-state index contributed by atoms with van der Waals surface area (Å²) in [7, 11) is 2.27. The molecule has 0 amide bonds. The molecule has 0 aromatic heterocycles. The molecule has 0 spiro atoms. The maximum absolute atomic E-state index is 2.50. The molecular weight excluding hydrogens is 230 g/mol. The molecule has 0 aromatic rings. The molecule has 1 nitrogen and oxygen atoms in total. The minimum absolute atomic E-state index is 0.893. The summed E-state index contributed by atoms with van der Waals surface area (Å²) in [5.74, 6) is 0.893. The summed E-state index contributed by atoms with van der Waals surface area (Å²) in [5, 5.41) is 0. The minimum atomic E-state index is 0.893. The molecule has 116 valence electrons. The monoisotopic (exact) mass is 269 g/mol. The third kappa shape index (κ3) is 15.9. The highest BCUT2D eigenvalue weighted by Crippen LogP contribution is 2.12. The lowest BCUT2D eigenvalue weighted by Crippen LogP contribution is -2.20. The number of unbranched alkanes of at least 4 members (excludes halogenated alkanes) is 8. The lowest BCUT2D eigenvalue weighted by molar-refractivity contribution is 0.318. The number of rotatable bonds is 14. The summed E-state index contributed by atoms with van der Waals surface area (Å²) >= 11 is 0. The van der Waals surface area contributed by atoms with E-state index in [1.54, 1.807) is 0 Å². The van der Waals surface area contributed by atoms with E-state index in [4.69, 9.17) is 0 Å². The van der Waals surface area contributed by atoms with Gasteiger partial charge in [0.2, 0.25) is 0 Å². The van der Waals surface area contributed by atoms with E-state index in [0.717, 1.165) is 5.92 Å². The van der Waals surface area contributed by atoms with Crippen LogP contribution in [0.5, 0.6) is 0 Å². The lowest BCUT2D eigenvalue weighted by Gasteiger charge is -2.15. The molecule has 0 bridgehead atoms. The van der Waals surface area contributed by atoms with Crippen LogP contribution in [0, 0.1) is 5.92 Å². The normalized spacial score (nSPS) is 11.7. The Kier molecular flexibility index (Phi) is 14.3. The summed E-state index contributed by atoms with van der Waals surface area (Å²) in [6.45, 7) is 9.52. The molecular formula is C18H39N. The van der Waals surface area contributed by atoms with E-state index >= 15 is 0 Å². The standard InChI is InChI=1S/C18H39N/c1-5-6-16-19(4)17-14-12-10-8-7-9-11-13-15-18(2)3/h18H,5-17H2,1-4H3. The highest BCUT2D eigenvalue weighted by molar-refractivity contribution is 4.53. The van der Waals surface area contributed by atoms with Crippen molar-refractivity contribution >= 4 is 0 Å². The summed E-state index contributed by atoms with van der Waals surface area (Å²) in [5.41, 5.74) is 0. The van der Waals surface area contributed by atoms with Crippen molar-refractivity contribution in [1.29, 1.82) is 0 Å². The Bertz CT molecular complexity index is 165. The van der Waals surface area contributed by atoms with E-state index in [1.807, 2.05) is 0 Å². The van der Waals surface area contributed by atoms with Crippen molar-refractivity contribution in [3.8, 4) is 0 Å². The van der Waals surface area contributed by atoms with Crippen molar-refractivity contribution in [2.75, 3.05) is 20.1 Å². The second kappa shape index (κ2) is 14.4. The molecule has 0 aliphatic rings. The van der Waals surface area contributed by atoms with Gasteiger partial charge in [0.05, 0.1) is 0 Å². The summed E-state index contributed by atoms with van der Waals surface area (Å²) < 4.78 is 0. The zero-order chi connectivity index (χ0) is 14.3. The van der Waals surface area contributed by atoms with Crippen LogP contribution in [0.15, 0.2) is 0 Å². The van der Waals surface area contributed by atoms with Gasteiger partial charge in [0, 0.05) is 0 Å². The van der Waals surface area contributed by atoms with E-state index < -0.39 is 0 Å². The topological polar surface area (TPSA) is 3.24 Å². The van der Waals surface area contributed by atoms with Gasteiger partial charge in [-0.2, -0.15) is 0 Å². The number of hydrogen-bond acceptors (Lipinski definition) is 1. The zero-order valence-electron chi connectivity index (χ0n) is 14.2. The van der Waals surface area contributed by atoms with Gasteiger partial charge in [-0.1, -0.05) is 78.6 Å². The van der Waals surface area contributed by atoms with Gasteiger partial charge in [-0.05, 0) is 38.9 Å². The predicted octanol–water partition coefficient (Wildman–Crippen LogP) is 5.89. The third-order valence-electron chi connectivity index (χ3n) is 3.96. The van der Waals surface area contributed by atoms with Crippen LogP contribution in [0.4, 0.5) is 0 Å². The summed E-state index contributed by atoms with van der Waals surface area (Å²) in [4.78, 5) is 2.50. The number of nitrogens with zero attached hydrogens (tertiary/aromatic N) is 1. The largest absolute Gasteiger partial charge is 0.306 e. The lowest BCUT2D eigenvalue weighted by atomic mass is 10.0. The van der Waals surface area contributed by atoms with Gasteiger partial charge >= 0.3 is 0 Å². The molecule has 0 aromatic carbocycles. The average molecular weight is 270 g/mol. The highest BCUT2D eigenvalue weighted by atomic mass is 15.1. The average Bonchev–Trinajstić information content (AvgIpc) is 2.38. The molecule has 0 saturated heterocycles. The molecule has 19 heavy (non-hydrogen) atoms. The van der Waals surface area contributed by atoms with Gasteiger partial charge in [-0.15, -0.1) is 0 Å². The van der Waals surface area contributed by atoms with Crippen molar-refractivity contribution in [2.45, 2.75) is 91.4 Å². The van der Waals surface area contributed by atoms with Crippen LogP contribution in [-0.4, -0.2) is 25.0 Å². The highest BCUT2D eigenvalue weighted by Gasteiger charge is 1.98. The van der Waals surface area contributed by atoms with Crippen molar-refractivity contribution in [3.63, 3.8) is 0 Å². The molecule has 0 fully saturated rings. The predicted molar refractivity (Wildman–Crippen MR) is 88.8 cm³/mol. The second-order valence-corrected chi connectivity index (χ2v) is 6.67. The SMILES string of the molecule is CCCCN(C)CCCCCCCCCCC(C)C. The van der Waals surface area contributed by atoms with Crippen LogP contribution in [0.1, 0.15) is 91.4 Å². The maximum atomic E-state index is 2.50. The van der Waals surface area contributed by atoms with Gasteiger partial charge in [0.15, 0.2) is 0 Å². The van der Waals surface area contributed by atoms with Gasteiger partial charge in [0.1, 0.15) is 0 Å². The van der Waals surface area contributed by atoms with Gasteiger partial charge in [0.25, 0.3) is 0 Å². The van der Waals surface area contributed by atoms with Gasteiger partial charge in [-0.25, -0.2) is 0 Å². The van der Waals surface area contributed by atoms with Crippen molar-refractivity contribution in [2.24, 2.45) is 5.92 Å². The van der Waals surface area contributed by atoms with Crippen molar-refractivity contribution < 1.29 is 0 Å². The first-order valence-electron chi connectivity index (χ1n) is 8.85. The Morgan fingerprint density at radius 3 is 1.68 bits per heavy atom.